The molecule has 0 aromatic carbocycles. The maximum Gasteiger partial charge on any atom is 0.373 e. The van der Waals surface area contributed by atoms with Gasteiger partial charge in [-0.25, -0.2) is 4.79 Å². The van der Waals surface area contributed by atoms with E-state index in [1.165, 1.54) is 13.2 Å². The summed E-state index contributed by atoms with van der Waals surface area (Å²) in [4.78, 5) is 37.0. The molecule has 208 valence electrons. The van der Waals surface area contributed by atoms with Gasteiger partial charge >= 0.3 is 5.97 Å². The van der Waals surface area contributed by atoms with Crippen molar-refractivity contribution >= 4 is 17.8 Å². The van der Waals surface area contributed by atoms with Gasteiger partial charge < -0.3 is 24.8 Å². The van der Waals surface area contributed by atoms with Gasteiger partial charge in [0.25, 0.3) is 0 Å². The molecule has 0 aromatic rings. The van der Waals surface area contributed by atoms with Gasteiger partial charge in [0.05, 0.1) is 13.2 Å². The Morgan fingerprint density at radius 2 is 1.95 bits per heavy atom. The zero-order valence-corrected chi connectivity index (χ0v) is 23.6. The van der Waals surface area contributed by atoms with Gasteiger partial charge in [-0.1, -0.05) is 56.7 Å². The monoisotopic (exact) mass is 526 g/mol. The number of esters is 1. The maximum atomic E-state index is 12.8. The Bertz CT molecular complexity index is 1020. The van der Waals surface area contributed by atoms with Crippen molar-refractivity contribution in [3.05, 3.63) is 60.1 Å². The van der Waals surface area contributed by atoms with E-state index in [0.717, 1.165) is 5.57 Å². The van der Waals surface area contributed by atoms with Crippen molar-refractivity contribution < 1.29 is 28.6 Å². The fourth-order valence-electron chi connectivity index (χ4n) is 3.41. The molecular weight excluding hydrogens is 484 g/mol. The minimum atomic E-state index is -0.732. The third-order valence-electron chi connectivity index (χ3n) is 5.68. The molecule has 0 aliphatic carbocycles. The van der Waals surface area contributed by atoms with Crippen LogP contribution in [-0.4, -0.2) is 50.3 Å². The first-order valence-corrected chi connectivity index (χ1v) is 12.7. The molecule has 0 bridgehead atoms. The molecule has 3 atom stereocenters. The van der Waals surface area contributed by atoms with Crippen LogP contribution in [0.2, 0.25) is 0 Å². The molecule has 1 rings (SSSR count). The number of hydrogen-bond acceptors (Lipinski definition) is 6. The largest absolute Gasteiger partial charge is 0.490 e. The second kappa shape index (κ2) is 17.0. The molecule has 0 saturated carbocycles. The average Bonchev–Trinajstić information content (AvgIpc) is 2.87. The van der Waals surface area contributed by atoms with E-state index in [1.54, 1.807) is 38.5 Å². The fourth-order valence-corrected chi connectivity index (χ4v) is 3.41. The predicted octanol–water partition coefficient (Wildman–Crippen LogP) is 4.26. The molecule has 2 N–H and O–H groups in total. The van der Waals surface area contributed by atoms with E-state index in [-0.39, 0.29) is 29.8 Å². The number of carbonyl (C=O) groups is 3. The summed E-state index contributed by atoms with van der Waals surface area (Å²) in [7, 11) is 3.07. The summed E-state index contributed by atoms with van der Waals surface area (Å²) >= 11 is 0. The van der Waals surface area contributed by atoms with Crippen molar-refractivity contribution in [2.45, 2.75) is 78.6 Å². The highest BCUT2D eigenvalue weighted by Crippen LogP contribution is 2.20. The normalized spacial score (nSPS) is 18.0. The van der Waals surface area contributed by atoms with Crippen molar-refractivity contribution in [1.82, 2.24) is 10.6 Å². The Morgan fingerprint density at radius 1 is 1.24 bits per heavy atom. The molecule has 0 saturated heterocycles. The summed E-state index contributed by atoms with van der Waals surface area (Å²) in [5.41, 5.74) is 0.466. The molecule has 0 aromatic heterocycles. The van der Waals surface area contributed by atoms with E-state index in [1.807, 2.05) is 45.9 Å². The lowest BCUT2D eigenvalue weighted by Crippen LogP contribution is -2.52. The molecule has 38 heavy (non-hydrogen) atoms. The fraction of sp³-hybridized carbons (Fsp3) is 0.500. The lowest BCUT2D eigenvalue weighted by molar-refractivity contribution is -0.149. The summed E-state index contributed by atoms with van der Waals surface area (Å²) in [6.45, 7) is 9.37. The van der Waals surface area contributed by atoms with Crippen LogP contribution in [0.4, 0.5) is 0 Å². The molecule has 0 unspecified atom stereocenters. The van der Waals surface area contributed by atoms with Crippen LogP contribution in [0, 0.1) is 17.3 Å². The molecule has 0 fully saturated rings. The van der Waals surface area contributed by atoms with Crippen molar-refractivity contribution in [2.75, 3.05) is 14.2 Å². The average molecular weight is 527 g/mol. The summed E-state index contributed by atoms with van der Waals surface area (Å²) in [6.07, 6.45) is 15.8. The van der Waals surface area contributed by atoms with Crippen molar-refractivity contribution in [2.24, 2.45) is 5.41 Å². The van der Waals surface area contributed by atoms with Gasteiger partial charge in [0, 0.05) is 32.4 Å². The third-order valence-corrected chi connectivity index (χ3v) is 5.68. The van der Waals surface area contributed by atoms with Crippen LogP contribution in [-0.2, 0) is 28.6 Å². The van der Waals surface area contributed by atoms with Gasteiger partial charge in [0.1, 0.15) is 12.1 Å². The Labute approximate surface area is 227 Å². The number of hydrogen-bond donors (Lipinski definition) is 2. The lowest BCUT2D eigenvalue weighted by Gasteiger charge is -2.29. The first-order chi connectivity index (χ1) is 18.0. The van der Waals surface area contributed by atoms with Gasteiger partial charge in [-0.3, -0.25) is 9.59 Å². The molecule has 8 nitrogen and oxygen atoms in total. The maximum absolute atomic E-state index is 12.8. The number of nitrogens with one attached hydrogen (secondary N) is 2. The first-order valence-electron chi connectivity index (χ1n) is 12.7. The van der Waals surface area contributed by atoms with E-state index in [4.69, 9.17) is 14.2 Å². The number of ether oxygens (including phenoxy) is 3. The predicted molar refractivity (Wildman–Crippen MR) is 148 cm³/mol. The minimum absolute atomic E-state index is 0.0450. The van der Waals surface area contributed by atoms with Crippen molar-refractivity contribution in [3.63, 3.8) is 0 Å². The molecule has 0 spiro atoms. The molecule has 2 amide bonds. The molecule has 1 aliphatic rings. The quantitative estimate of drug-likeness (QED) is 0.161. The highest BCUT2D eigenvalue weighted by Gasteiger charge is 2.31. The topological polar surface area (TPSA) is 103 Å². The van der Waals surface area contributed by atoms with Gasteiger partial charge in [0.15, 0.2) is 5.76 Å². The van der Waals surface area contributed by atoms with Gasteiger partial charge in [-0.2, -0.15) is 0 Å². The van der Waals surface area contributed by atoms with E-state index in [2.05, 4.69) is 22.5 Å². The van der Waals surface area contributed by atoms with E-state index >= 15 is 0 Å². The van der Waals surface area contributed by atoms with Crippen LogP contribution in [0.25, 0.3) is 0 Å². The zero-order valence-electron chi connectivity index (χ0n) is 23.6. The second-order valence-corrected chi connectivity index (χ2v) is 9.88. The Morgan fingerprint density at radius 3 is 2.55 bits per heavy atom. The summed E-state index contributed by atoms with van der Waals surface area (Å²) in [5, 5.41) is 5.54. The standard InChI is InChI=1S/C30H42N2O6/c1-8-9-14-23(36-6)15-12-21-31-28(34)27(30(3,4)5)32-26(33)16-11-10-13-22(2)17-18-24-19-20-25(37-7)29(35)38-24/h10-13,16-17,20-21,23-24,27H,14-15,18-19H2,1-7H3,(H,31,34)(H,32,33)/b13-10-,16-11-,21-12-,22-17+/t23-,24+,27+/m0/s1. The molecule has 8 heteroatoms. The van der Waals surface area contributed by atoms with Crippen LogP contribution in [0.5, 0.6) is 0 Å². The summed E-state index contributed by atoms with van der Waals surface area (Å²) in [6, 6.07) is -0.732. The van der Waals surface area contributed by atoms with Gasteiger partial charge in [0.2, 0.25) is 11.8 Å². The van der Waals surface area contributed by atoms with E-state index in [9.17, 15) is 14.4 Å². The summed E-state index contributed by atoms with van der Waals surface area (Å²) < 4.78 is 15.6. The number of allylic oxidation sites excluding steroid dienone is 4. The molecule has 1 heterocycles. The Balaban J connectivity index is 2.60. The highest BCUT2D eigenvalue weighted by atomic mass is 16.6. The van der Waals surface area contributed by atoms with Crippen LogP contribution in [0.3, 0.4) is 0 Å². The Hall–Kier alpha value is -3.57. The number of cyclic esters (lactones) is 1. The van der Waals surface area contributed by atoms with Gasteiger partial charge in [-0.15, -0.1) is 11.8 Å². The van der Waals surface area contributed by atoms with Crippen molar-refractivity contribution in [1.29, 1.82) is 0 Å². The zero-order chi connectivity index (χ0) is 28.6. The molecular formula is C30H42N2O6. The van der Waals surface area contributed by atoms with Crippen LogP contribution >= 0.6 is 0 Å². The first kappa shape index (κ1) is 32.5. The smallest absolute Gasteiger partial charge is 0.373 e. The molecule has 1 aliphatic heterocycles. The summed E-state index contributed by atoms with van der Waals surface area (Å²) in [5.74, 6) is 4.93. The highest BCUT2D eigenvalue weighted by molar-refractivity contribution is 5.93. The lowest BCUT2D eigenvalue weighted by atomic mass is 9.86. The third kappa shape index (κ3) is 12.6. The minimum Gasteiger partial charge on any atom is -0.490 e. The SMILES string of the molecule is CC#CC[C@@H](C/C=C\NC(=O)[C@@H](NC(=O)\C=C/C=C\C(C)=C\C[C@@H]1CC=C(OC)C(=O)O1)C(C)(C)C)OC. The number of methoxy groups -OCH3 is 2. The van der Waals surface area contributed by atoms with Gasteiger partial charge in [-0.05, 0) is 38.0 Å². The van der Waals surface area contributed by atoms with Crippen LogP contribution < -0.4 is 10.6 Å². The van der Waals surface area contributed by atoms with Crippen molar-refractivity contribution in [3.8, 4) is 11.8 Å². The Kier molecular flexibility index (Phi) is 14.6. The number of rotatable bonds is 13. The number of carbonyl (C=O) groups excluding carboxylic acids is 3. The molecule has 0 radical (unpaired) electrons. The van der Waals surface area contributed by atoms with E-state index in [0.29, 0.717) is 25.7 Å². The van der Waals surface area contributed by atoms with Crippen LogP contribution in [0.15, 0.2) is 60.1 Å². The second-order valence-electron chi connectivity index (χ2n) is 9.88. The van der Waals surface area contributed by atoms with E-state index < -0.39 is 17.4 Å². The number of amides is 2. The van der Waals surface area contributed by atoms with Crippen LogP contribution in [0.1, 0.15) is 60.3 Å².